The van der Waals surface area contributed by atoms with E-state index in [9.17, 15) is 10.2 Å². The summed E-state index contributed by atoms with van der Waals surface area (Å²) in [5, 5.41) is 23.5. The standard InChI is InChI=1S/C22H21ClN6O2/c23-15-8-12-3-1-11(7-16(12)27-20(15)24)2-4-13-9-17(19(31)18(13)30)29-6-5-14-10-26-22(25)28-21(14)29/h1,3,5-10,17-19,30-31H,2,4H2,(H2,24,27)(H2,25,26,28)/t17-,18-,19+/m1/s1. The van der Waals surface area contributed by atoms with Gasteiger partial charge in [-0.1, -0.05) is 29.8 Å². The number of fused-ring (bicyclic) bond motifs is 2. The van der Waals surface area contributed by atoms with E-state index in [2.05, 4.69) is 15.0 Å². The van der Waals surface area contributed by atoms with E-state index >= 15 is 0 Å². The van der Waals surface area contributed by atoms with Crippen molar-refractivity contribution in [2.75, 3.05) is 11.5 Å². The lowest BCUT2D eigenvalue weighted by Gasteiger charge is -2.19. The highest BCUT2D eigenvalue weighted by atomic mass is 35.5. The predicted molar refractivity (Wildman–Crippen MR) is 121 cm³/mol. The van der Waals surface area contributed by atoms with Gasteiger partial charge >= 0.3 is 0 Å². The van der Waals surface area contributed by atoms with Crippen LogP contribution in [0.3, 0.4) is 0 Å². The molecule has 3 atom stereocenters. The fraction of sp³-hybridized carbons (Fsp3) is 0.227. The Labute approximate surface area is 182 Å². The van der Waals surface area contributed by atoms with Gasteiger partial charge in [-0.2, -0.15) is 4.98 Å². The number of anilines is 2. The van der Waals surface area contributed by atoms with Gasteiger partial charge < -0.3 is 26.2 Å². The average molecular weight is 437 g/mol. The van der Waals surface area contributed by atoms with Crippen LogP contribution in [0.1, 0.15) is 18.0 Å². The molecule has 0 amide bonds. The monoisotopic (exact) mass is 436 g/mol. The van der Waals surface area contributed by atoms with Crippen molar-refractivity contribution < 1.29 is 10.2 Å². The summed E-state index contributed by atoms with van der Waals surface area (Å²) in [6.07, 6.45) is 4.73. The zero-order valence-corrected chi connectivity index (χ0v) is 17.2. The van der Waals surface area contributed by atoms with Gasteiger partial charge in [0, 0.05) is 23.2 Å². The van der Waals surface area contributed by atoms with E-state index in [1.807, 2.05) is 41.1 Å². The lowest BCUT2D eigenvalue weighted by Crippen LogP contribution is -2.29. The molecule has 0 saturated heterocycles. The molecule has 0 spiro atoms. The first kappa shape index (κ1) is 19.7. The topological polar surface area (TPSA) is 136 Å². The van der Waals surface area contributed by atoms with Crippen molar-refractivity contribution >= 4 is 45.3 Å². The van der Waals surface area contributed by atoms with Gasteiger partial charge in [-0.05, 0) is 42.2 Å². The first-order valence-electron chi connectivity index (χ1n) is 9.91. The Morgan fingerprint density at radius 3 is 2.71 bits per heavy atom. The predicted octanol–water partition coefficient (Wildman–Crippen LogP) is 2.63. The number of pyridine rings is 1. The van der Waals surface area contributed by atoms with Crippen molar-refractivity contribution in [2.45, 2.75) is 31.1 Å². The zero-order chi connectivity index (χ0) is 21.7. The third kappa shape index (κ3) is 3.48. The van der Waals surface area contributed by atoms with Crippen molar-refractivity contribution in [3.8, 4) is 0 Å². The summed E-state index contributed by atoms with van der Waals surface area (Å²) in [7, 11) is 0. The second kappa shape index (κ2) is 7.49. The number of nitrogen functional groups attached to an aromatic ring is 2. The summed E-state index contributed by atoms with van der Waals surface area (Å²) in [5.74, 6) is 0.464. The van der Waals surface area contributed by atoms with Crippen LogP contribution < -0.4 is 11.5 Å². The van der Waals surface area contributed by atoms with Crippen LogP contribution >= 0.6 is 11.6 Å². The summed E-state index contributed by atoms with van der Waals surface area (Å²) in [4.78, 5) is 12.6. The van der Waals surface area contributed by atoms with Crippen LogP contribution in [0.15, 0.2) is 54.4 Å². The first-order chi connectivity index (χ1) is 14.9. The van der Waals surface area contributed by atoms with Crippen molar-refractivity contribution in [1.82, 2.24) is 19.5 Å². The maximum atomic E-state index is 10.7. The van der Waals surface area contributed by atoms with Crippen LogP contribution in [0.5, 0.6) is 0 Å². The molecule has 0 aliphatic heterocycles. The quantitative estimate of drug-likeness (QED) is 0.361. The van der Waals surface area contributed by atoms with Crippen LogP contribution in [0.4, 0.5) is 11.8 Å². The normalized spacial score (nSPS) is 21.1. The number of nitrogens with two attached hydrogens (primary N) is 2. The van der Waals surface area contributed by atoms with Gasteiger partial charge in [0.25, 0.3) is 0 Å². The fourth-order valence-electron chi connectivity index (χ4n) is 4.14. The molecule has 9 heteroatoms. The molecule has 3 heterocycles. The molecule has 0 radical (unpaired) electrons. The molecule has 5 rings (SSSR count). The lowest BCUT2D eigenvalue weighted by molar-refractivity contribution is 0.0317. The molecule has 0 saturated carbocycles. The van der Waals surface area contributed by atoms with Gasteiger partial charge in [-0.15, -0.1) is 0 Å². The summed E-state index contributed by atoms with van der Waals surface area (Å²) in [6.45, 7) is 0. The number of halogens is 1. The highest BCUT2D eigenvalue weighted by Crippen LogP contribution is 2.34. The second-order valence-electron chi connectivity index (χ2n) is 7.78. The number of aryl methyl sites for hydroxylation is 1. The number of rotatable bonds is 4. The Morgan fingerprint density at radius 2 is 1.87 bits per heavy atom. The minimum absolute atomic E-state index is 0.163. The molecule has 4 aromatic rings. The van der Waals surface area contributed by atoms with Crippen LogP contribution in [0, 0.1) is 0 Å². The third-order valence-electron chi connectivity index (χ3n) is 5.80. The van der Waals surface area contributed by atoms with Gasteiger partial charge in [0.1, 0.15) is 23.7 Å². The molecule has 0 bridgehead atoms. The molecule has 1 aromatic carbocycles. The van der Waals surface area contributed by atoms with Gasteiger partial charge in [0.05, 0.1) is 16.6 Å². The van der Waals surface area contributed by atoms with Crippen molar-refractivity contribution in [3.05, 3.63) is 65.0 Å². The fourth-order valence-corrected chi connectivity index (χ4v) is 4.30. The summed E-state index contributed by atoms with van der Waals surface area (Å²) in [5.41, 5.74) is 14.8. The molecule has 3 aromatic heterocycles. The maximum Gasteiger partial charge on any atom is 0.221 e. The Morgan fingerprint density at radius 1 is 1.03 bits per heavy atom. The Kier molecular flexibility index (Phi) is 4.77. The molecule has 1 aliphatic carbocycles. The minimum atomic E-state index is -0.970. The number of aliphatic hydroxyl groups is 2. The number of aliphatic hydroxyl groups excluding tert-OH is 2. The van der Waals surface area contributed by atoms with Gasteiger partial charge in [0.15, 0.2) is 0 Å². The highest BCUT2D eigenvalue weighted by molar-refractivity contribution is 6.33. The van der Waals surface area contributed by atoms with Gasteiger partial charge in [0.2, 0.25) is 5.95 Å². The van der Waals surface area contributed by atoms with E-state index in [4.69, 9.17) is 23.1 Å². The third-order valence-corrected chi connectivity index (χ3v) is 6.10. The molecule has 158 valence electrons. The molecule has 1 aliphatic rings. The smallest absolute Gasteiger partial charge is 0.221 e. The summed E-state index contributed by atoms with van der Waals surface area (Å²) >= 11 is 6.04. The number of aromatic nitrogens is 4. The van der Waals surface area contributed by atoms with Crippen LogP contribution in [0.2, 0.25) is 5.02 Å². The van der Waals surface area contributed by atoms with Crippen LogP contribution in [0.25, 0.3) is 21.9 Å². The van der Waals surface area contributed by atoms with Gasteiger partial charge in [-0.25, -0.2) is 9.97 Å². The molecule has 8 nitrogen and oxygen atoms in total. The largest absolute Gasteiger partial charge is 0.388 e. The molecule has 31 heavy (non-hydrogen) atoms. The van der Waals surface area contributed by atoms with E-state index in [0.29, 0.717) is 29.3 Å². The zero-order valence-electron chi connectivity index (χ0n) is 16.5. The van der Waals surface area contributed by atoms with Gasteiger partial charge in [-0.3, -0.25) is 0 Å². The number of benzene rings is 1. The lowest BCUT2D eigenvalue weighted by atomic mass is 10.0. The minimum Gasteiger partial charge on any atom is -0.388 e. The Bertz CT molecular complexity index is 1330. The van der Waals surface area contributed by atoms with Crippen LogP contribution in [-0.4, -0.2) is 41.9 Å². The SMILES string of the molecule is Nc1ncc2ccn([C@@H]3C=C(CCc4ccc5cc(Cl)c(N)nc5c4)[C@@H](O)[C@H]3O)c2n1. The first-order valence-corrected chi connectivity index (χ1v) is 10.3. The number of hydrogen-bond acceptors (Lipinski definition) is 7. The average Bonchev–Trinajstić information content (AvgIpc) is 3.28. The van der Waals surface area contributed by atoms with Crippen molar-refractivity contribution in [3.63, 3.8) is 0 Å². The second-order valence-corrected chi connectivity index (χ2v) is 8.19. The summed E-state index contributed by atoms with van der Waals surface area (Å²) in [6, 6.07) is 9.15. The van der Waals surface area contributed by atoms with Crippen molar-refractivity contribution in [1.29, 1.82) is 0 Å². The van der Waals surface area contributed by atoms with E-state index in [1.165, 1.54) is 0 Å². The maximum absolute atomic E-state index is 10.7. The Balaban J connectivity index is 1.39. The van der Waals surface area contributed by atoms with E-state index in [1.54, 1.807) is 12.3 Å². The Hall–Kier alpha value is -3.20. The van der Waals surface area contributed by atoms with Crippen molar-refractivity contribution in [2.24, 2.45) is 0 Å². The molecular formula is C22H21ClN6O2. The molecular weight excluding hydrogens is 416 g/mol. The summed E-state index contributed by atoms with van der Waals surface area (Å²) < 4.78 is 1.82. The molecule has 0 fully saturated rings. The van der Waals surface area contributed by atoms with E-state index < -0.39 is 18.2 Å². The highest BCUT2D eigenvalue weighted by Gasteiger charge is 2.35. The molecule has 6 N–H and O–H groups in total. The molecule has 0 unspecified atom stereocenters. The number of hydrogen-bond donors (Lipinski definition) is 4. The number of nitrogens with zero attached hydrogens (tertiary/aromatic N) is 4. The van der Waals surface area contributed by atoms with E-state index in [0.717, 1.165) is 27.4 Å². The van der Waals surface area contributed by atoms with E-state index in [-0.39, 0.29) is 5.95 Å². The van der Waals surface area contributed by atoms with Crippen LogP contribution in [-0.2, 0) is 6.42 Å².